The maximum absolute atomic E-state index is 13.0. The molecule has 0 unspecified atom stereocenters. The van der Waals surface area contributed by atoms with E-state index < -0.39 is 0 Å². The molecule has 0 amide bonds. The normalized spacial score (nSPS) is 10.2. The summed E-state index contributed by atoms with van der Waals surface area (Å²) in [5.74, 6) is 0.758. The van der Waals surface area contributed by atoms with E-state index in [2.05, 4.69) is 20.9 Å². The molecule has 2 aromatic rings. The summed E-state index contributed by atoms with van der Waals surface area (Å²) in [4.78, 5) is 4.06. The molecule has 2 nitrogen and oxygen atoms in total. The van der Waals surface area contributed by atoms with Gasteiger partial charge in [-0.2, -0.15) is 0 Å². The molecule has 0 saturated heterocycles. The van der Waals surface area contributed by atoms with Crippen molar-refractivity contribution < 1.29 is 9.13 Å². The molecule has 0 atom stereocenters. The Morgan fingerprint density at radius 2 is 2.06 bits per heavy atom. The van der Waals surface area contributed by atoms with Crippen LogP contribution < -0.4 is 4.74 Å². The molecule has 0 N–H and O–H groups in total. The molecule has 0 aliphatic carbocycles. The molecule has 1 aromatic carbocycles. The van der Waals surface area contributed by atoms with Gasteiger partial charge in [-0.25, -0.2) is 4.39 Å². The second-order valence-electron chi connectivity index (χ2n) is 3.31. The third kappa shape index (κ3) is 2.58. The van der Waals surface area contributed by atoms with Crippen molar-refractivity contribution in [2.45, 2.75) is 6.92 Å². The summed E-state index contributed by atoms with van der Waals surface area (Å²) < 4.78 is 19.3. The predicted molar refractivity (Wildman–Crippen MR) is 63.1 cm³/mol. The van der Waals surface area contributed by atoms with Crippen molar-refractivity contribution in [1.82, 2.24) is 4.98 Å². The van der Waals surface area contributed by atoms with Gasteiger partial charge in [-0.3, -0.25) is 4.98 Å². The lowest BCUT2D eigenvalue weighted by molar-refractivity contribution is 0.472. The van der Waals surface area contributed by atoms with Crippen LogP contribution in [-0.4, -0.2) is 4.98 Å². The molecule has 4 heteroatoms. The molecule has 0 radical (unpaired) electrons. The van der Waals surface area contributed by atoms with Crippen LogP contribution >= 0.6 is 15.9 Å². The third-order valence-corrected chi connectivity index (χ3v) is 2.64. The fourth-order valence-corrected chi connectivity index (χ4v) is 1.59. The van der Waals surface area contributed by atoms with Gasteiger partial charge in [-0.1, -0.05) is 0 Å². The molecule has 0 saturated carbocycles. The minimum absolute atomic E-state index is 0.330. The van der Waals surface area contributed by atoms with Gasteiger partial charge in [0.05, 0.1) is 4.47 Å². The number of aromatic nitrogens is 1. The van der Waals surface area contributed by atoms with Gasteiger partial charge < -0.3 is 4.74 Å². The van der Waals surface area contributed by atoms with E-state index in [0.29, 0.717) is 16.0 Å². The average molecular weight is 282 g/mol. The Hall–Kier alpha value is -1.42. The van der Waals surface area contributed by atoms with Gasteiger partial charge in [0.15, 0.2) is 0 Å². The minimum atomic E-state index is -0.330. The van der Waals surface area contributed by atoms with Crippen LogP contribution in [0.2, 0.25) is 0 Å². The molecular formula is C12H9BrFNO. The summed E-state index contributed by atoms with van der Waals surface area (Å²) in [5.41, 5.74) is 0.852. The summed E-state index contributed by atoms with van der Waals surface area (Å²) in [6.45, 7) is 1.87. The highest BCUT2D eigenvalue weighted by molar-refractivity contribution is 9.10. The van der Waals surface area contributed by atoms with E-state index in [-0.39, 0.29) is 5.82 Å². The average Bonchev–Trinajstić information content (AvgIpc) is 2.24. The Kier molecular flexibility index (Phi) is 3.19. The number of aryl methyl sites for hydroxylation is 1. The second-order valence-corrected chi connectivity index (χ2v) is 4.16. The van der Waals surface area contributed by atoms with Crippen molar-refractivity contribution in [3.63, 3.8) is 0 Å². The second kappa shape index (κ2) is 4.61. The monoisotopic (exact) mass is 281 g/mol. The minimum Gasteiger partial charge on any atom is -0.456 e. The first-order valence-electron chi connectivity index (χ1n) is 4.71. The van der Waals surface area contributed by atoms with E-state index in [0.717, 1.165) is 5.69 Å². The molecule has 16 heavy (non-hydrogen) atoms. The summed E-state index contributed by atoms with van der Waals surface area (Å²) >= 11 is 3.30. The van der Waals surface area contributed by atoms with Crippen LogP contribution in [0.4, 0.5) is 4.39 Å². The smallest absolute Gasteiger partial charge is 0.144 e. The lowest BCUT2D eigenvalue weighted by Crippen LogP contribution is -1.88. The molecule has 0 spiro atoms. The number of halogens is 2. The first-order chi connectivity index (χ1) is 7.65. The van der Waals surface area contributed by atoms with Crippen LogP contribution in [0, 0.1) is 12.7 Å². The van der Waals surface area contributed by atoms with Gasteiger partial charge in [0.2, 0.25) is 0 Å². The van der Waals surface area contributed by atoms with Crippen molar-refractivity contribution >= 4 is 15.9 Å². The highest BCUT2D eigenvalue weighted by Crippen LogP contribution is 2.30. The van der Waals surface area contributed by atoms with Crippen molar-refractivity contribution in [3.05, 3.63) is 52.5 Å². The van der Waals surface area contributed by atoms with E-state index in [4.69, 9.17) is 4.74 Å². The fourth-order valence-electron chi connectivity index (χ4n) is 1.27. The lowest BCUT2D eigenvalue weighted by atomic mass is 10.3. The zero-order valence-electron chi connectivity index (χ0n) is 8.58. The predicted octanol–water partition coefficient (Wildman–Crippen LogP) is 4.08. The molecular weight excluding hydrogens is 273 g/mol. The van der Waals surface area contributed by atoms with Crippen LogP contribution in [0.25, 0.3) is 0 Å². The van der Waals surface area contributed by atoms with Gasteiger partial charge in [0.25, 0.3) is 0 Å². The summed E-state index contributed by atoms with van der Waals surface area (Å²) in [7, 11) is 0. The van der Waals surface area contributed by atoms with Gasteiger partial charge in [0.1, 0.15) is 17.3 Å². The highest BCUT2D eigenvalue weighted by Gasteiger charge is 2.04. The van der Waals surface area contributed by atoms with Gasteiger partial charge in [-0.15, -0.1) is 0 Å². The number of pyridine rings is 1. The Morgan fingerprint density at radius 1 is 1.25 bits per heavy atom. The first-order valence-corrected chi connectivity index (χ1v) is 5.50. The van der Waals surface area contributed by atoms with Crippen molar-refractivity contribution in [1.29, 1.82) is 0 Å². The summed E-state index contributed by atoms with van der Waals surface area (Å²) in [6, 6.07) is 7.83. The van der Waals surface area contributed by atoms with Crippen LogP contribution in [0.1, 0.15) is 5.69 Å². The first kappa shape index (κ1) is 11.1. The van der Waals surface area contributed by atoms with Gasteiger partial charge in [-0.05, 0) is 41.1 Å². The van der Waals surface area contributed by atoms with E-state index in [1.807, 2.05) is 6.92 Å². The van der Waals surface area contributed by atoms with E-state index in [9.17, 15) is 4.39 Å². The molecule has 0 aliphatic heterocycles. The maximum Gasteiger partial charge on any atom is 0.144 e. The zero-order chi connectivity index (χ0) is 11.5. The molecule has 0 aliphatic rings. The molecule has 1 heterocycles. The number of benzene rings is 1. The number of rotatable bonds is 2. The molecule has 82 valence electrons. The Bertz CT molecular complexity index is 516. The van der Waals surface area contributed by atoms with E-state index in [1.165, 1.54) is 12.1 Å². The van der Waals surface area contributed by atoms with E-state index >= 15 is 0 Å². The number of hydrogen-bond acceptors (Lipinski definition) is 2. The molecule has 0 fully saturated rings. The third-order valence-electron chi connectivity index (χ3n) is 1.99. The molecule has 0 bridgehead atoms. The van der Waals surface area contributed by atoms with Crippen LogP contribution in [0.15, 0.2) is 41.0 Å². The Balaban J connectivity index is 2.30. The highest BCUT2D eigenvalue weighted by atomic mass is 79.9. The molecule has 1 aromatic heterocycles. The zero-order valence-corrected chi connectivity index (χ0v) is 10.2. The summed E-state index contributed by atoms with van der Waals surface area (Å²) in [5, 5.41) is 0. The fraction of sp³-hybridized carbons (Fsp3) is 0.0833. The maximum atomic E-state index is 13.0. The largest absolute Gasteiger partial charge is 0.456 e. The number of hydrogen-bond donors (Lipinski definition) is 0. The van der Waals surface area contributed by atoms with E-state index in [1.54, 1.807) is 24.4 Å². The Labute approximate surface area is 101 Å². The quantitative estimate of drug-likeness (QED) is 0.827. The lowest BCUT2D eigenvalue weighted by Gasteiger charge is -2.07. The SMILES string of the molecule is Cc1cc(Oc2cc(F)ccc2Br)ccn1. The molecule has 2 rings (SSSR count). The summed E-state index contributed by atoms with van der Waals surface area (Å²) in [6.07, 6.45) is 1.65. The number of nitrogens with zero attached hydrogens (tertiary/aromatic N) is 1. The van der Waals surface area contributed by atoms with Crippen molar-refractivity contribution in [2.24, 2.45) is 0 Å². The topological polar surface area (TPSA) is 22.1 Å². The van der Waals surface area contributed by atoms with Crippen LogP contribution in [0.5, 0.6) is 11.5 Å². The Morgan fingerprint density at radius 3 is 2.81 bits per heavy atom. The van der Waals surface area contributed by atoms with Gasteiger partial charge in [0, 0.05) is 24.0 Å². The number of ether oxygens (including phenoxy) is 1. The van der Waals surface area contributed by atoms with Crippen LogP contribution in [-0.2, 0) is 0 Å². The van der Waals surface area contributed by atoms with Crippen molar-refractivity contribution in [3.8, 4) is 11.5 Å². The van der Waals surface area contributed by atoms with Crippen molar-refractivity contribution in [2.75, 3.05) is 0 Å². The standard InChI is InChI=1S/C12H9BrFNO/c1-8-6-10(4-5-15-8)16-12-7-9(14)2-3-11(12)13/h2-7H,1H3. The van der Waals surface area contributed by atoms with Gasteiger partial charge >= 0.3 is 0 Å². The van der Waals surface area contributed by atoms with Crippen LogP contribution in [0.3, 0.4) is 0 Å².